The Morgan fingerprint density at radius 1 is 1.07 bits per heavy atom. The normalized spacial score (nSPS) is 15.9. The zero-order valence-corrected chi connectivity index (χ0v) is 18.0. The number of amides is 3. The Labute approximate surface area is 180 Å². The molecule has 1 atom stereocenters. The average Bonchev–Trinajstić information content (AvgIpc) is 3.13. The number of anilines is 1. The van der Waals surface area contributed by atoms with Crippen LogP contribution in [-0.2, 0) is 9.59 Å². The van der Waals surface area contributed by atoms with Gasteiger partial charge in [-0.05, 0) is 68.6 Å². The minimum absolute atomic E-state index is 0.0427. The molecule has 8 heteroatoms. The van der Waals surface area contributed by atoms with Crippen LogP contribution >= 0.6 is 11.8 Å². The summed E-state index contributed by atoms with van der Waals surface area (Å²) in [5.74, 6) is -0.798. The van der Waals surface area contributed by atoms with Gasteiger partial charge in [-0.15, -0.1) is 11.8 Å². The Morgan fingerprint density at radius 3 is 2.33 bits per heavy atom. The molecule has 1 saturated heterocycles. The maximum atomic E-state index is 12.5. The molecule has 0 spiro atoms. The lowest BCUT2D eigenvalue weighted by molar-refractivity contribution is -0.126. The lowest BCUT2D eigenvalue weighted by Gasteiger charge is -2.17. The summed E-state index contributed by atoms with van der Waals surface area (Å²) in [5.41, 5.74) is 5.99. The van der Waals surface area contributed by atoms with E-state index >= 15 is 0 Å². The van der Waals surface area contributed by atoms with Crippen LogP contribution in [0.1, 0.15) is 30.6 Å². The van der Waals surface area contributed by atoms with Gasteiger partial charge in [0.2, 0.25) is 11.8 Å². The van der Waals surface area contributed by atoms with Crippen molar-refractivity contribution in [2.75, 3.05) is 17.7 Å². The van der Waals surface area contributed by atoms with Gasteiger partial charge in [-0.2, -0.15) is 0 Å². The highest BCUT2D eigenvalue weighted by Gasteiger charge is 2.35. The highest BCUT2D eigenvalue weighted by atomic mass is 32.2. The van der Waals surface area contributed by atoms with Gasteiger partial charge >= 0.3 is 0 Å². The molecule has 30 heavy (non-hydrogen) atoms. The molecular weight excluding hydrogens is 402 g/mol. The van der Waals surface area contributed by atoms with Crippen molar-refractivity contribution in [1.29, 1.82) is 0 Å². The summed E-state index contributed by atoms with van der Waals surface area (Å²) >= 11 is 1.62. The number of hydrazine groups is 1. The standard InChI is InChI=1S/C22H25N3O4S/c1-14(2)29-18-8-4-15(5-9-18)21(27)23-24-22(28)16-12-20(26)25(13-16)17-6-10-19(30-3)11-7-17/h4-11,14,16H,12-13H2,1-3H3,(H,23,27)(H,24,28). The molecule has 2 aromatic carbocycles. The molecule has 1 heterocycles. The predicted molar refractivity (Wildman–Crippen MR) is 116 cm³/mol. The first-order chi connectivity index (χ1) is 14.4. The fourth-order valence-electron chi connectivity index (χ4n) is 3.14. The van der Waals surface area contributed by atoms with Crippen LogP contribution in [-0.4, -0.2) is 36.6 Å². The fourth-order valence-corrected chi connectivity index (χ4v) is 3.55. The Balaban J connectivity index is 1.53. The van der Waals surface area contributed by atoms with E-state index < -0.39 is 11.8 Å². The van der Waals surface area contributed by atoms with Gasteiger partial charge in [-0.1, -0.05) is 0 Å². The number of nitrogens with zero attached hydrogens (tertiary/aromatic N) is 1. The molecule has 158 valence electrons. The number of hydrogen-bond donors (Lipinski definition) is 2. The zero-order valence-electron chi connectivity index (χ0n) is 17.2. The van der Waals surface area contributed by atoms with Crippen LogP contribution < -0.4 is 20.5 Å². The Hall–Kier alpha value is -3.00. The van der Waals surface area contributed by atoms with Gasteiger partial charge in [-0.25, -0.2) is 0 Å². The van der Waals surface area contributed by atoms with Crippen LogP contribution in [0.15, 0.2) is 53.4 Å². The van der Waals surface area contributed by atoms with E-state index in [-0.39, 0.29) is 30.9 Å². The minimum atomic E-state index is -0.528. The van der Waals surface area contributed by atoms with E-state index in [0.717, 1.165) is 10.6 Å². The third-order valence-corrected chi connectivity index (χ3v) is 5.41. The van der Waals surface area contributed by atoms with Crippen LogP contribution in [0, 0.1) is 5.92 Å². The summed E-state index contributed by atoms with van der Waals surface area (Å²) in [6.45, 7) is 4.12. The number of hydrogen-bond acceptors (Lipinski definition) is 5. The van der Waals surface area contributed by atoms with Gasteiger partial charge in [0.05, 0.1) is 12.0 Å². The molecule has 3 amide bonds. The number of nitrogens with one attached hydrogen (secondary N) is 2. The summed E-state index contributed by atoms with van der Waals surface area (Å²) in [7, 11) is 0. The van der Waals surface area contributed by atoms with E-state index in [1.54, 1.807) is 40.9 Å². The molecule has 0 radical (unpaired) electrons. The zero-order chi connectivity index (χ0) is 21.7. The molecule has 2 N–H and O–H groups in total. The second-order valence-corrected chi connectivity index (χ2v) is 8.12. The van der Waals surface area contributed by atoms with Gasteiger partial charge in [0.15, 0.2) is 0 Å². The molecule has 7 nitrogen and oxygen atoms in total. The van der Waals surface area contributed by atoms with Crippen LogP contribution in [0.4, 0.5) is 5.69 Å². The first-order valence-corrected chi connectivity index (χ1v) is 10.9. The summed E-state index contributed by atoms with van der Waals surface area (Å²) in [5, 5.41) is 0. The van der Waals surface area contributed by atoms with Gasteiger partial charge in [0.1, 0.15) is 5.75 Å². The molecule has 1 unspecified atom stereocenters. The van der Waals surface area contributed by atoms with E-state index in [0.29, 0.717) is 11.3 Å². The second-order valence-electron chi connectivity index (χ2n) is 7.24. The SMILES string of the molecule is CSc1ccc(N2CC(C(=O)NNC(=O)c3ccc(OC(C)C)cc3)CC2=O)cc1. The quantitative estimate of drug-likeness (QED) is 0.547. The Bertz CT molecular complexity index is 913. The molecule has 0 aromatic heterocycles. The van der Waals surface area contributed by atoms with Crippen molar-refractivity contribution >= 4 is 35.2 Å². The lowest BCUT2D eigenvalue weighted by Crippen LogP contribution is -2.45. The van der Waals surface area contributed by atoms with Crippen molar-refractivity contribution in [2.45, 2.75) is 31.3 Å². The molecule has 0 aliphatic carbocycles. The highest BCUT2D eigenvalue weighted by molar-refractivity contribution is 7.98. The first-order valence-electron chi connectivity index (χ1n) is 9.68. The summed E-state index contributed by atoms with van der Waals surface area (Å²) in [4.78, 5) is 39.8. The molecule has 1 fully saturated rings. The van der Waals surface area contributed by atoms with Crippen molar-refractivity contribution in [3.63, 3.8) is 0 Å². The van der Waals surface area contributed by atoms with Crippen LogP contribution in [0.2, 0.25) is 0 Å². The number of ether oxygens (including phenoxy) is 1. The Kier molecular flexibility index (Phi) is 6.99. The topological polar surface area (TPSA) is 87.7 Å². The van der Waals surface area contributed by atoms with Crippen LogP contribution in [0.25, 0.3) is 0 Å². The second kappa shape index (κ2) is 9.67. The van der Waals surface area contributed by atoms with Crippen molar-refractivity contribution < 1.29 is 19.1 Å². The average molecular weight is 428 g/mol. The van der Waals surface area contributed by atoms with Crippen molar-refractivity contribution in [3.05, 3.63) is 54.1 Å². The number of rotatable bonds is 6. The molecule has 1 aliphatic heterocycles. The molecule has 1 aliphatic rings. The number of carbonyl (C=O) groups is 3. The van der Waals surface area contributed by atoms with Gasteiger partial charge in [-0.3, -0.25) is 25.2 Å². The van der Waals surface area contributed by atoms with Gasteiger partial charge in [0, 0.05) is 29.1 Å². The van der Waals surface area contributed by atoms with Gasteiger partial charge in [0.25, 0.3) is 5.91 Å². The first kappa shape index (κ1) is 21.7. The lowest BCUT2D eigenvalue weighted by atomic mass is 10.1. The fraction of sp³-hybridized carbons (Fsp3) is 0.318. The summed E-state index contributed by atoms with van der Waals surface area (Å²) in [6, 6.07) is 14.3. The van der Waals surface area contributed by atoms with E-state index in [1.807, 2.05) is 44.4 Å². The maximum absolute atomic E-state index is 12.5. The third kappa shape index (κ3) is 5.33. The molecule has 0 bridgehead atoms. The monoisotopic (exact) mass is 427 g/mol. The largest absolute Gasteiger partial charge is 0.491 e. The number of carbonyl (C=O) groups excluding carboxylic acids is 3. The number of thioether (sulfide) groups is 1. The molecule has 2 aromatic rings. The highest BCUT2D eigenvalue weighted by Crippen LogP contribution is 2.27. The summed E-state index contributed by atoms with van der Waals surface area (Å²) < 4.78 is 5.54. The molecule has 3 rings (SSSR count). The molecule has 0 saturated carbocycles. The Morgan fingerprint density at radius 2 is 1.73 bits per heavy atom. The smallest absolute Gasteiger partial charge is 0.269 e. The van der Waals surface area contributed by atoms with E-state index in [4.69, 9.17) is 4.74 Å². The van der Waals surface area contributed by atoms with E-state index in [2.05, 4.69) is 10.9 Å². The minimum Gasteiger partial charge on any atom is -0.491 e. The van der Waals surface area contributed by atoms with Crippen LogP contribution in [0.3, 0.4) is 0 Å². The number of benzene rings is 2. The maximum Gasteiger partial charge on any atom is 0.269 e. The van der Waals surface area contributed by atoms with Crippen molar-refractivity contribution in [1.82, 2.24) is 10.9 Å². The third-order valence-electron chi connectivity index (χ3n) is 4.67. The van der Waals surface area contributed by atoms with Crippen molar-refractivity contribution in [3.8, 4) is 5.75 Å². The van der Waals surface area contributed by atoms with Crippen LogP contribution in [0.5, 0.6) is 5.75 Å². The van der Waals surface area contributed by atoms with E-state index in [9.17, 15) is 14.4 Å². The summed E-state index contributed by atoms with van der Waals surface area (Å²) in [6.07, 6.45) is 2.13. The van der Waals surface area contributed by atoms with Gasteiger partial charge < -0.3 is 9.64 Å². The van der Waals surface area contributed by atoms with E-state index in [1.165, 1.54) is 0 Å². The molecular formula is C22H25N3O4S. The van der Waals surface area contributed by atoms with Crippen molar-refractivity contribution in [2.24, 2.45) is 5.92 Å². The predicted octanol–water partition coefficient (Wildman–Crippen LogP) is 3.01.